The fourth-order valence-electron chi connectivity index (χ4n) is 9.35. The number of amidine groups is 1. The van der Waals surface area contributed by atoms with Gasteiger partial charge in [0.05, 0.1) is 97.2 Å². The lowest BCUT2D eigenvalue weighted by Crippen LogP contribution is -2.42. The lowest BCUT2D eigenvalue weighted by Gasteiger charge is -2.29. The molecule has 2 atom stereocenters. The number of aliphatic carboxylic acids is 1. The maximum atomic E-state index is 13.2. The fourth-order valence-corrected chi connectivity index (χ4v) is 10.6. The number of amides is 5. The van der Waals surface area contributed by atoms with Crippen LogP contribution in [0.25, 0.3) is 0 Å². The molecule has 8 N–H and O–H groups in total. The summed E-state index contributed by atoms with van der Waals surface area (Å²) in [7, 11) is 2.32. The van der Waals surface area contributed by atoms with E-state index in [-0.39, 0.29) is 120 Å². The van der Waals surface area contributed by atoms with Gasteiger partial charge in [-0.3, -0.25) is 39.0 Å². The first kappa shape index (κ1) is 87.3. The maximum Gasteiger partial charge on any atom is 0.490 e. The number of alkyl halides is 3. The highest BCUT2D eigenvalue weighted by atomic mass is 35.5. The number of halogens is 7. The lowest BCUT2D eigenvalue weighted by molar-refractivity contribution is -0.192. The summed E-state index contributed by atoms with van der Waals surface area (Å²) < 4.78 is 62.8. The molecule has 27 nitrogen and oxygen atoms in total. The van der Waals surface area contributed by atoms with Crippen molar-refractivity contribution in [2.75, 3.05) is 89.7 Å². The summed E-state index contributed by atoms with van der Waals surface area (Å²) in [6.45, 7) is 14.4. The van der Waals surface area contributed by atoms with Gasteiger partial charge in [-0.05, 0) is 114 Å². The van der Waals surface area contributed by atoms with Crippen LogP contribution in [-0.2, 0) is 70.0 Å². The third-order valence-corrected chi connectivity index (χ3v) is 15.2. The first-order valence-electron chi connectivity index (χ1n) is 31.1. The third-order valence-electron chi connectivity index (χ3n) is 14.0. The second-order valence-electron chi connectivity index (χ2n) is 24.4. The molecule has 34 heteroatoms. The number of benzene rings is 4. The van der Waals surface area contributed by atoms with Crippen LogP contribution in [0.4, 0.5) is 29.3 Å². The van der Waals surface area contributed by atoms with Crippen LogP contribution in [0.15, 0.2) is 77.8 Å². The second-order valence-corrected chi connectivity index (χ2v) is 26.0. The molecule has 2 saturated heterocycles. The Balaban J connectivity index is 0.000000496. The number of nitrogens with two attached hydrogens (primary N) is 1. The first-order valence-corrected chi connectivity index (χ1v) is 32.6. The number of morpholine rings is 2. The molecule has 0 saturated carbocycles. The van der Waals surface area contributed by atoms with Crippen molar-refractivity contribution in [3.8, 4) is 0 Å². The van der Waals surface area contributed by atoms with E-state index >= 15 is 0 Å². The summed E-state index contributed by atoms with van der Waals surface area (Å²) in [5, 5.41) is 25.1. The average molecular weight is 1510 g/mol. The van der Waals surface area contributed by atoms with Crippen LogP contribution in [0.2, 0.25) is 20.1 Å². The monoisotopic (exact) mass is 1510 g/mol. The van der Waals surface area contributed by atoms with Crippen molar-refractivity contribution in [3.63, 3.8) is 0 Å². The minimum Gasteiger partial charge on any atom is -0.475 e. The van der Waals surface area contributed by atoms with Crippen molar-refractivity contribution in [3.05, 3.63) is 126 Å². The number of esters is 3. The SMILES string of the molecule is C.COC(=O)[C@H](CCC(=O)CNC(=O)c1cccc(CC(=N)N)c1)NC(=O)c1c(Cl)cc(N2CCOCC2)cc1Cl.COC(=O)[C@H](CCC(=O)CNC(=O)c1cccc(CC(CC(=O)OC(C)(C)C)=NC(=O)OC(C)(C)C)c1)NC(=O)c1c(Cl)cc(N2CCOCC2)cc1Cl.O=C(O)C(F)(F)F. The number of hydrogen-bond acceptors (Lipinski definition) is 20. The van der Waals surface area contributed by atoms with E-state index in [0.717, 1.165) is 18.5 Å². The topological polar surface area (TPSA) is 380 Å². The molecule has 102 heavy (non-hydrogen) atoms. The Morgan fingerprint density at radius 1 is 0.598 bits per heavy atom. The summed E-state index contributed by atoms with van der Waals surface area (Å²) >= 11 is 25.7. The zero-order chi connectivity index (χ0) is 75.5. The minimum atomic E-state index is -5.08. The molecule has 0 unspecified atom stereocenters. The predicted molar refractivity (Wildman–Crippen MR) is 375 cm³/mol. The zero-order valence-electron chi connectivity index (χ0n) is 56.6. The van der Waals surface area contributed by atoms with Crippen LogP contribution in [0.5, 0.6) is 0 Å². The summed E-state index contributed by atoms with van der Waals surface area (Å²) in [4.78, 5) is 144. The minimum absolute atomic E-state index is 0. The lowest BCUT2D eigenvalue weighted by atomic mass is 10.0. The number of anilines is 2. The molecule has 0 aromatic heterocycles. The van der Waals surface area contributed by atoms with Gasteiger partial charge in [0.1, 0.15) is 23.3 Å². The molecule has 2 heterocycles. The van der Waals surface area contributed by atoms with Crippen molar-refractivity contribution in [1.82, 2.24) is 21.3 Å². The van der Waals surface area contributed by atoms with Gasteiger partial charge >= 0.3 is 36.1 Å². The molecular weight excluding hydrogens is 1430 g/mol. The van der Waals surface area contributed by atoms with Gasteiger partial charge in [-0.25, -0.2) is 19.2 Å². The number of nitrogens with zero attached hydrogens (tertiary/aromatic N) is 3. The number of carbonyl (C=O) groups is 11. The van der Waals surface area contributed by atoms with Gasteiger partial charge in [-0.15, -0.1) is 0 Å². The summed E-state index contributed by atoms with van der Waals surface area (Å²) in [6, 6.07) is 17.1. The highest BCUT2D eigenvalue weighted by Crippen LogP contribution is 2.33. The molecule has 4 aromatic rings. The summed E-state index contributed by atoms with van der Waals surface area (Å²) in [5.41, 5.74) is 7.26. The van der Waals surface area contributed by atoms with E-state index in [4.69, 9.17) is 95.9 Å². The first-order chi connectivity index (χ1) is 47.3. The van der Waals surface area contributed by atoms with Crippen LogP contribution in [0.1, 0.15) is 134 Å². The van der Waals surface area contributed by atoms with E-state index in [9.17, 15) is 61.1 Å². The van der Waals surface area contributed by atoms with E-state index in [1.165, 1.54) is 13.2 Å². The summed E-state index contributed by atoms with van der Waals surface area (Å²) in [5.74, 6) is -8.13. The van der Waals surface area contributed by atoms with Crippen molar-refractivity contribution in [2.24, 2.45) is 10.7 Å². The van der Waals surface area contributed by atoms with Crippen molar-refractivity contribution in [1.29, 1.82) is 5.41 Å². The van der Waals surface area contributed by atoms with Crippen molar-refractivity contribution < 1.29 is 99.4 Å². The molecule has 2 aliphatic rings. The van der Waals surface area contributed by atoms with Crippen molar-refractivity contribution in [2.45, 2.75) is 123 Å². The van der Waals surface area contributed by atoms with Gasteiger partial charge in [-0.1, -0.05) is 78.1 Å². The van der Waals surface area contributed by atoms with E-state index < -0.39 is 88.8 Å². The predicted octanol–water partition coefficient (Wildman–Crippen LogP) is 9.16. The van der Waals surface area contributed by atoms with Gasteiger partial charge < -0.3 is 70.3 Å². The molecular formula is C68H84Cl4F3N9O18. The molecule has 2 aliphatic heterocycles. The highest BCUT2D eigenvalue weighted by Gasteiger charge is 2.38. The van der Waals surface area contributed by atoms with Gasteiger partial charge in [0.2, 0.25) is 0 Å². The Morgan fingerprint density at radius 3 is 1.29 bits per heavy atom. The molecule has 5 amide bonds. The van der Waals surface area contributed by atoms with E-state index in [2.05, 4.69) is 26.3 Å². The number of rotatable bonds is 26. The summed E-state index contributed by atoms with van der Waals surface area (Å²) in [6.07, 6.45) is -6.50. The van der Waals surface area contributed by atoms with Crippen LogP contribution >= 0.6 is 46.4 Å². The zero-order valence-corrected chi connectivity index (χ0v) is 59.6. The molecule has 0 radical (unpaired) electrons. The van der Waals surface area contributed by atoms with Crippen LogP contribution in [-0.4, -0.2) is 191 Å². The van der Waals surface area contributed by atoms with Crippen LogP contribution in [0.3, 0.4) is 0 Å². The normalized spacial score (nSPS) is 13.6. The molecule has 6 rings (SSSR count). The highest BCUT2D eigenvalue weighted by molar-refractivity contribution is 6.41. The van der Waals surface area contributed by atoms with E-state index in [1.807, 2.05) is 9.80 Å². The Hall–Kier alpha value is -8.94. The molecule has 558 valence electrons. The Morgan fingerprint density at radius 2 is 0.961 bits per heavy atom. The number of carbonyl (C=O) groups excluding carboxylic acids is 10. The number of methoxy groups -OCH3 is 2. The van der Waals surface area contributed by atoms with E-state index in [0.29, 0.717) is 69.3 Å². The van der Waals surface area contributed by atoms with Gasteiger partial charge in [0, 0.05) is 80.1 Å². The number of nitrogens with one attached hydrogen (secondary N) is 5. The molecule has 0 bridgehead atoms. The number of ketones is 2. The fraction of sp³-hybridized carbons (Fsp3) is 0.456. The van der Waals surface area contributed by atoms with Crippen molar-refractivity contribution >= 4 is 134 Å². The maximum absolute atomic E-state index is 13.2. The molecule has 4 aromatic carbocycles. The largest absolute Gasteiger partial charge is 0.490 e. The number of aliphatic imine (C=N–C) groups is 1. The Kier molecular flexibility index (Phi) is 35.3. The number of ether oxygens (including phenoxy) is 6. The van der Waals surface area contributed by atoms with Gasteiger partial charge in [0.25, 0.3) is 23.6 Å². The number of carboxylic acid groups (broad SMARTS) is 1. The molecule has 0 spiro atoms. The number of carboxylic acids is 1. The van der Waals surface area contributed by atoms with Crippen LogP contribution in [0, 0.1) is 5.41 Å². The quantitative estimate of drug-likeness (QED) is 0.0133. The molecule has 2 fully saturated rings. The smallest absolute Gasteiger partial charge is 0.475 e. The standard InChI is InChI=1S/C38H48Cl2N4O10.C27H31Cl2N5O6.C2HF3O2.CH4/c1-37(2,3)53-31(46)19-25(42-36(50)54-38(4,5)6)18-23-9-8-10-24(17-23)33(47)41-22-27(45)11-12-30(35(49)51-7)43-34(48)32-28(39)20-26(21-29(32)40)44-13-15-52-16-14-44;1-39-27(38)22(6-5-19(35)15-32-25(36)17-4-2-3-16(11-17)12-23(30)31)33-26(37)24-20(28)13-18(14-21(24)29)34-7-9-40-10-8-34;3-2(4,5)1(6)7;/h8-10,17,20-21,30H,11-16,18-19,22H2,1-7H3,(H,41,47)(H,43,48);2-4,11,13-14,22H,5-10,12,15H2,1H3,(H3,30,31)(H,32,36)(H,33,37);(H,6,7);1H4/t30-;22-;;/m00../s1. The third kappa shape index (κ3) is 30.7. The van der Waals surface area contributed by atoms with Gasteiger partial charge in [0.15, 0.2) is 11.6 Å². The average Bonchev–Trinajstić information content (AvgIpc) is 0.812. The number of Topliss-reactive ketones (excluding diaryl/α,β-unsaturated/α-hetero) is 2. The van der Waals surface area contributed by atoms with E-state index in [1.54, 1.807) is 108 Å². The van der Waals surface area contributed by atoms with Gasteiger partial charge in [-0.2, -0.15) is 18.2 Å². The number of hydrogen-bond donors (Lipinski definition) is 7. The molecule has 0 aliphatic carbocycles. The Bertz CT molecular complexity index is 3660. The Labute approximate surface area is 607 Å². The second kappa shape index (κ2) is 41.2. The van der Waals surface area contributed by atoms with Crippen LogP contribution < -0.4 is 36.8 Å².